The van der Waals surface area contributed by atoms with Crippen molar-refractivity contribution in [1.82, 2.24) is 10.6 Å². The molecule has 0 aromatic rings. The van der Waals surface area contributed by atoms with E-state index >= 15 is 0 Å². The van der Waals surface area contributed by atoms with Gasteiger partial charge in [0.1, 0.15) is 26.4 Å². The number of amides is 2. The van der Waals surface area contributed by atoms with Gasteiger partial charge in [-0.15, -0.1) is 0 Å². The maximum Gasteiger partial charge on any atom is 0.311 e. The van der Waals surface area contributed by atoms with Crippen molar-refractivity contribution in [3.05, 3.63) is 0 Å². The number of ether oxygens (including phenoxy) is 4. The largest absolute Gasteiger partial charge is 0.464 e. The fraction of sp³-hybridized carbons (Fsp3) is 0.828. The molecule has 0 aliphatic heterocycles. The Hall–Kier alpha value is -2.69. The average molecular weight is 573 g/mol. The second-order valence-corrected chi connectivity index (χ2v) is 13.8. The molecule has 0 rings (SSSR count). The van der Waals surface area contributed by atoms with Gasteiger partial charge in [-0.1, -0.05) is 13.8 Å². The molecule has 2 N–H and O–H groups in total. The minimum absolute atomic E-state index is 0.122. The minimum Gasteiger partial charge on any atom is -0.464 e. The lowest BCUT2D eigenvalue weighted by atomic mass is 9.90. The predicted octanol–water partition coefficient (Wildman–Crippen LogP) is 3.04. The monoisotopic (exact) mass is 572 g/mol. The normalized spacial score (nSPS) is 12.5. The molecule has 0 aromatic heterocycles. The van der Waals surface area contributed by atoms with Gasteiger partial charge in [-0.05, 0) is 68.2 Å². The summed E-state index contributed by atoms with van der Waals surface area (Å²) in [5, 5.41) is 5.39. The van der Waals surface area contributed by atoms with Crippen molar-refractivity contribution in [2.24, 2.45) is 27.6 Å². The summed E-state index contributed by atoms with van der Waals surface area (Å²) in [6, 6.07) is 0. The number of rotatable bonds is 15. The molecule has 0 heterocycles. The number of hydrogen-bond donors (Lipinski definition) is 2. The summed E-state index contributed by atoms with van der Waals surface area (Å²) in [4.78, 5) is 61.9. The third-order valence-corrected chi connectivity index (χ3v) is 5.39. The van der Waals surface area contributed by atoms with E-state index in [-0.39, 0.29) is 51.9 Å². The third kappa shape index (κ3) is 15.8. The van der Waals surface area contributed by atoms with E-state index in [1.165, 1.54) is 0 Å². The van der Waals surface area contributed by atoms with E-state index in [1.807, 2.05) is 13.8 Å². The first-order valence-electron chi connectivity index (χ1n) is 13.7. The van der Waals surface area contributed by atoms with E-state index in [0.717, 1.165) is 0 Å². The maximum atomic E-state index is 12.6. The van der Waals surface area contributed by atoms with Crippen molar-refractivity contribution in [2.45, 2.75) is 82.6 Å². The van der Waals surface area contributed by atoms with Gasteiger partial charge in [-0.3, -0.25) is 24.0 Å². The minimum atomic E-state index is -1.28. The fourth-order valence-corrected chi connectivity index (χ4v) is 2.69. The Kier molecular flexibility index (Phi) is 14.9. The molecule has 0 fully saturated rings. The van der Waals surface area contributed by atoms with Gasteiger partial charge in [0.05, 0.1) is 28.3 Å². The topological polar surface area (TPSA) is 146 Å². The van der Waals surface area contributed by atoms with Crippen LogP contribution in [0.2, 0.25) is 0 Å². The summed E-state index contributed by atoms with van der Waals surface area (Å²) in [6.45, 7) is 18.5. The standard InChI is InChI=1S/C29H52N2O9/c1-20(2)14-31-21(32)12-13-30-22(33)15-37-16-29(17-38-23(34)26(3,4)5,18-39-24(35)27(6,7)8)19-40-25(36)28(9,10)11/h20H,12-19H2,1-11H3,(H,30,33)(H,31,32). The summed E-state index contributed by atoms with van der Waals surface area (Å²) in [6.07, 6.45) is 0.122. The van der Waals surface area contributed by atoms with Gasteiger partial charge in [0.25, 0.3) is 0 Å². The van der Waals surface area contributed by atoms with Gasteiger partial charge in [-0.25, -0.2) is 0 Å². The molecular weight excluding hydrogens is 520 g/mol. The summed E-state index contributed by atoms with van der Waals surface area (Å²) < 4.78 is 22.3. The summed E-state index contributed by atoms with van der Waals surface area (Å²) >= 11 is 0. The maximum absolute atomic E-state index is 12.6. The molecular formula is C29H52N2O9. The van der Waals surface area contributed by atoms with Crippen LogP contribution in [-0.2, 0) is 42.9 Å². The highest BCUT2D eigenvalue weighted by atomic mass is 16.6. The second-order valence-electron chi connectivity index (χ2n) is 13.8. The van der Waals surface area contributed by atoms with Crippen LogP contribution in [-0.4, -0.2) is 75.8 Å². The van der Waals surface area contributed by atoms with Gasteiger partial charge in [0.2, 0.25) is 11.8 Å². The fourth-order valence-electron chi connectivity index (χ4n) is 2.69. The molecule has 40 heavy (non-hydrogen) atoms. The highest BCUT2D eigenvalue weighted by molar-refractivity contribution is 5.79. The van der Waals surface area contributed by atoms with Gasteiger partial charge in [0.15, 0.2) is 0 Å². The van der Waals surface area contributed by atoms with Crippen LogP contribution in [0.15, 0.2) is 0 Å². The Morgan fingerprint density at radius 3 is 1.35 bits per heavy atom. The SMILES string of the molecule is CC(C)CNC(=O)CCNC(=O)COCC(COC(=O)C(C)(C)C)(COC(=O)C(C)(C)C)COC(=O)C(C)(C)C. The average Bonchev–Trinajstić information content (AvgIpc) is 2.80. The summed E-state index contributed by atoms with van der Waals surface area (Å²) in [7, 11) is 0. The zero-order valence-corrected chi connectivity index (χ0v) is 26.4. The first-order chi connectivity index (χ1) is 18.1. The molecule has 11 nitrogen and oxygen atoms in total. The molecule has 0 aliphatic rings. The van der Waals surface area contributed by atoms with Crippen LogP contribution in [0.4, 0.5) is 0 Å². The predicted molar refractivity (Wildman–Crippen MR) is 150 cm³/mol. The van der Waals surface area contributed by atoms with Crippen LogP contribution in [0.1, 0.15) is 82.6 Å². The van der Waals surface area contributed by atoms with Gasteiger partial charge >= 0.3 is 17.9 Å². The van der Waals surface area contributed by atoms with Crippen LogP contribution in [0.3, 0.4) is 0 Å². The van der Waals surface area contributed by atoms with Crippen LogP contribution < -0.4 is 10.6 Å². The van der Waals surface area contributed by atoms with Crippen molar-refractivity contribution < 1.29 is 42.9 Å². The lowest BCUT2D eigenvalue weighted by Crippen LogP contribution is -2.46. The Morgan fingerprint density at radius 2 is 1.00 bits per heavy atom. The van der Waals surface area contributed by atoms with Crippen molar-refractivity contribution in [3.8, 4) is 0 Å². The number of esters is 3. The molecule has 232 valence electrons. The quantitative estimate of drug-likeness (QED) is 0.223. The van der Waals surface area contributed by atoms with E-state index in [1.54, 1.807) is 62.3 Å². The number of carbonyl (C=O) groups excluding carboxylic acids is 5. The highest BCUT2D eigenvalue weighted by Gasteiger charge is 2.40. The number of hydrogen-bond acceptors (Lipinski definition) is 9. The molecule has 0 aliphatic carbocycles. The zero-order chi connectivity index (χ0) is 31.4. The molecule has 11 heteroatoms. The second kappa shape index (κ2) is 15.9. The molecule has 0 saturated carbocycles. The van der Waals surface area contributed by atoms with E-state index in [4.69, 9.17) is 18.9 Å². The Labute approximate surface area is 239 Å². The Balaban J connectivity index is 5.56. The lowest BCUT2D eigenvalue weighted by Gasteiger charge is -2.34. The smallest absolute Gasteiger partial charge is 0.311 e. The van der Waals surface area contributed by atoms with Crippen molar-refractivity contribution in [3.63, 3.8) is 0 Å². The van der Waals surface area contributed by atoms with E-state index in [2.05, 4.69) is 10.6 Å². The molecule has 0 aromatic carbocycles. The molecule has 0 saturated heterocycles. The van der Waals surface area contributed by atoms with Crippen molar-refractivity contribution in [2.75, 3.05) is 46.1 Å². The zero-order valence-electron chi connectivity index (χ0n) is 26.4. The first kappa shape index (κ1) is 37.3. The molecule has 0 spiro atoms. The third-order valence-electron chi connectivity index (χ3n) is 5.39. The number of nitrogens with one attached hydrogen (secondary N) is 2. The van der Waals surface area contributed by atoms with Crippen LogP contribution in [0.5, 0.6) is 0 Å². The van der Waals surface area contributed by atoms with Crippen LogP contribution in [0, 0.1) is 27.6 Å². The van der Waals surface area contributed by atoms with E-state index < -0.39 is 45.5 Å². The first-order valence-corrected chi connectivity index (χ1v) is 13.7. The van der Waals surface area contributed by atoms with Crippen LogP contribution in [0.25, 0.3) is 0 Å². The van der Waals surface area contributed by atoms with E-state index in [0.29, 0.717) is 12.5 Å². The molecule has 0 bridgehead atoms. The Bertz CT molecular complexity index is 788. The van der Waals surface area contributed by atoms with Gasteiger partial charge in [0, 0.05) is 19.5 Å². The molecule has 0 atom stereocenters. The molecule has 0 radical (unpaired) electrons. The van der Waals surface area contributed by atoms with Crippen molar-refractivity contribution >= 4 is 29.7 Å². The van der Waals surface area contributed by atoms with E-state index in [9.17, 15) is 24.0 Å². The lowest BCUT2D eigenvalue weighted by molar-refractivity contribution is -0.177. The summed E-state index contributed by atoms with van der Waals surface area (Å²) in [5.74, 6) is -1.83. The van der Waals surface area contributed by atoms with Gasteiger partial charge in [-0.2, -0.15) is 0 Å². The summed E-state index contributed by atoms with van der Waals surface area (Å²) in [5.41, 5.74) is -3.70. The van der Waals surface area contributed by atoms with Crippen LogP contribution >= 0.6 is 0 Å². The molecule has 2 amide bonds. The molecule has 0 unspecified atom stereocenters. The number of carbonyl (C=O) groups is 5. The van der Waals surface area contributed by atoms with Crippen molar-refractivity contribution in [1.29, 1.82) is 0 Å². The highest BCUT2D eigenvalue weighted by Crippen LogP contribution is 2.27. The Morgan fingerprint density at radius 1 is 0.600 bits per heavy atom. The van der Waals surface area contributed by atoms with Gasteiger partial charge < -0.3 is 29.6 Å².